The normalized spacial score (nSPS) is 11.6. The van der Waals surface area contributed by atoms with Crippen molar-refractivity contribution in [1.82, 2.24) is 10.6 Å². The number of unbranched alkanes of at least 4 members (excludes halogenated alkanes) is 2. The van der Waals surface area contributed by atoms with E-state index in [-0.39, 0.29) is 34.0 Å². The number of aromatic carboxylic acids is 1. The van der Waals surface area contributed by atoms with Crippen molar-refractivity contribution in [1.29, 1.82) is 0 Å². The third kappa shape index (κ3) is 5.95. The van der Waals surface area contributed by atoms with Crippen LogP contribution in [0, 0.1) is 0 Å². The molecule has 1 aliphatic carbocycles. The van der Waals surface area contributed by atoms with Crippen LogP contribution in [0.1, 0.15) is 46.9 Å². The van der Waals surface area contributed by atoms with Crippen LogP contribution in [0.3, 0.4) is 0 Å². The van der Waals surface area contributed by atoms with Crippen LogP contribution < -0.4 is 21.8 Å². The maximum absolute atomic E-state index is 12.8. The molecule has 0 saturated carbocycles. The van der Waals surface area contributed by atoms with Crippen molar-refractivity contribution in [3.8, 4) is 28.2 Å². The molecule has 4 rings (SSSR count). The first-order valence-corrected chi connectivity index (χ1v) is 12.3. The maximum atomic E-state index is 12.8. The van der Waals surface area contributed by atoms with Crippen molar-refractivity contribution in [2.45, 2.75) is 26.2 Å². The Hall–Kier alpha value is -4.79. The number of carbonyl (C=O) groups is 2. The number of phenolic OH excluding ortho intramolecular Hbond substituents is 1. The lowest BCUT2D eigenvalue weighted by Crippen LogP contribution is -2.25. The summed E-state index contributed by atoms with van der Waals surface area (Å²) in [5.74, 6) is -1.34. The van der Waals surface area contributed by atoms with Gasteiger partial charge in [-0.25, -0.2) is 4.79 Å². The number of amides is 1. The molecule has 0 bridgehead atoms. The minimum atomic E-state index is -1.20. The highest BCUT2D eigenvalue weighted by atomic mass is 16.4. The predicted molar refractivity (Wildman–Crippen MR) is 145 cm³/mol. The summed E-state index contributed by atoms with van der Waals surface area (Å²) in [5.41, 5.74) is 7.88. The number of benzene rings is 3. The van der Waals surface area contributed by atoms with Crippen LogP contribution in [-0.2, 0) is 0 Å². The maximum Gasteiger partial charge on any atom is 0.336 e. The Balaban J connectivity index is 1.60. The fourth-order valence-electron chi connectivity index (χ4n) is 4.30. The first kappa shape index (κ1) is 26.3. The minimum Gasteiger partial charge on any atom is -0.508 e. The highest BCUT2D eigenvalue weighted by Gasteiger charge is 2.23. The number of carboxylic acid groups (broad SMARTS) is 1. The van der Waals surface area contributed by atoms with Gasteiger partial charge in [0.1, 0.15) is 17.1 Å². The van der Waals surface area contributed by atoms with Crippen molar-refractivity contribution in [2.24, 2.45) is 5.73 Å². The Morgan fingerprint density at radius 3 is 2.50 bits per heavy atom. The smallest absolute Gasteiger partial charge is 0.336 e. The van der Waals surface area contributed by atoms with Gasteiger partial charge in [-0.1, -0.05) is 6.07 Å². The second-order valence-electron chi connectivity index (χ2n) is 9.04. The molecule has 6 N–H and O–H groups in total. The number of nitrogens with two attached hydrogens (primary N) is 1. The quantitative estimate of drug-likeness (QED) is 0.155. The van der Waals surface area contributed by atoms with Crippen LogP contribution in [-0.4, -0.2) is 35.2 Å². The number of allylic oxidation sites excluding steroid dienone is 1. The Labute approximate surface area is 218 Å². The molecule has 1 aliphatic heterocycles. The monoisotopic (exact) mass is 515 g/mol. The number of fused-ring (bicyclic) bond motifs is 2. The zero-order valence-corrected chi connectivity index (χ0v) is 20.9. The molecule has 1 heterocycles. The van der Waals surface area contributed by atoms with Gasteiger partial charge in [-0.3, -0.25) is 9.59 Å². The number of aromatic hydroxyl groups is 1. The lowest BCUT2D eigenvalue weighted by atomic mass is 9.90. The summed E-state index contributed by atoms with van der Waals surface area (Å²) < 4.78 is 5.84. The Kier molecular flexibility index (Phi) is 7.96. The van der Waals surface area contributed by atoms with Gasteiger partial charge >= 0.3 is 5.97 Å². The van der Waals surface area contributed by atoms with E-state index in [0.29, 0.717) is 39.9 Å². The molecule has 2 aliphatic rings. The third-order valence-corrected chi connectivity index (χ3v) is 6.07. The van der Waals surface area contributed by atoms with E-state index >= 15 is 0 Å². The molecular weight excluding hydrogens is 486 g/mol. The molecule has 38 heavy (non-hydrogen) atoms. The van der Waals surface area contributed by atoms with Crippen LogP contribution in [0.2, 0.25) is 0 Å². The first-order chi connectivity index (χ1) is 18.2. The molecule has 1 amide bonds. The second kappa shape index (κ2) is 11.5. The molecule has 0 fully saturated rings. The predicted octanol–water partition coefficient (Wildman–Crippen LogP) is 4.28. The molecule has 9 heteroatoms. The van der Waals surface area contributed by atoms with Gasteiger partial charge in [0, 0.05) is 59.2 Å². The topological polar surface area (TPSA) is 155 Å². The van der Waals surface area contributed by atoms with E-state index in [1.807, 2.05) is 0 Å². The van der Waals surface area contributed by atoms with Gasteiger partial charge in [-0.05, 0) is 68.1 Å². The van der Waals surface area contributed by atoms with E-state index in [1.54, 1.807) is 37.4 Å². The molecule has 9 nitrogen and oxygen atoms in total. The van der Waals surface area contributed by atoms with Gasteiger partial charge < -0.3 is 31.0 Å². The van der Waals surface area contributed by atoms with Crippen molar-refractivity contribution in [3.63, 3.8) is 0 Å². The molecule has 0 saturated heterocycles. The molecule has 2 aromatic rings. The summed E-state index contributed by atoms with van der Waals surface area (Å²) in [6.07, 6.45) is 4.37. The van der Waals surface area contributed by atoms with Gasteiger partial charge in [0.25, 0.3) is 5.91 Å². The third-order valence-electron chi connectivity index (χ3n) is 6.07. The summed E-state index contributed by atoms with van der Waals surface area (Å²) in [4.78, 5) is 37.0. The molecule has 2 aromatic carbocycles. The lowest BCUT2D eigenvalue weighted by Gasteiger charge is -2.17. The van der Waals surface area contributed by atoms with Crippen molar-refractivity contribution in [3.05, 3.63) is 87.8 Å². The van der Waals surface area contributed by atoms with Gasteiger partial charge in [0.05, 0.1) is 5.56 Å². The number of hydrogen-bond acceptors (Lipinski definition) is 7. The average Bonchev–Trinajstić information content (AvgIpc) is 2.88. The number of hydrogen-bond donors (Lipinski definition) is 5. The second-order valence-corrected chi connectivity index (χ2v) is 9.04. The summed E-state index contributed by atoms with van der Waals surface area (Å²) >= 11 is 0. The Bertz CT molecular complexity index is 1550. The first-order valence-electron chi connectivity index (χ1n) is 12.3. The summed E-state index contributed by atoms with van der Waals surface area (Å²) in [6, 6.07) is 13.3. The van der Waals surface area contributed by atoms with Crippen LogP contribution in [0.15, 0.2) is 75.7 Å². The minimum absolute atomic E-state index is 0.0333. The van der Waals surface area contributed by atoms with Crippen molar-refractivity contribution >= 4 is 22.8 Å². The molecule has 0 unspecified atom stereocenters. The lowest BCUT2D eigenvalue weighted by molar-refractivity contribution is 0.0697. The van der Waals surface area contributed by atoms with E-state index in [4.69, 9.17) is 10.2 Å². The Morgan fingerprint density at radius 1 is 0.974 bits per heavy atom. The van der Waals surface area contributed by atoms with Gasteiger partial charge in [0.15, 0.2) is 5.43 Å². The number of carboxylic acids is 1. The SMILES string of the molecule is C/C(N)=C/NCCCCCNC(=O)c1ccc(-c2c3ccc(=O)cc-3oc3cc(O)ccc23)c(C(=O)O)c1. The highest BCUT2D eigenvalue weighted by molar-refractivity contribution is 6.09. The molecule has 196 valence electrons. The zero-order chi connectivity index (χ0) is 27.2. The summed E-state index contributed by atoms with van der Waals surface area (Å²) in [6.45, 7) is 3.06. The number of phenols is 1. The molecular formula is C29H29N3O6. The number of rotatable bonds is 10. The fraction of sp³-hybridized carbons (Fsp3) is 0.207. The van der Waals surface area contributed by atoms with Crippen molar-refractivity contribution in [2.75, 3.05) is 13.1 Å². The fourth-order valence-corrected chi connectivity index (χ4v) is 4.30. The summed E-state index contributed by atoms with van der Waals surface area (Å²) in [7, 11) is 0. The highest BCUT2D eigenvalue weighted by Crippen LogP contribution is 2.42. The van der Waals surface area contributed by atoms with E-state index < -0.39 is 5.97 Å². The average molecular weight is 516 g/mol. The van der Waals surface area contributed by atoms with Gasteiger partial charge in [-0.15, -0.1) is 0 Å². The van der Waals surface area contributed by atoms with Crippen LogP contribution >= 0.6 is 0 Å². The Morgan fingerprint density at radius 2 is 1.74 bits per heavy atom. The number of carbonyl (C=O) groups excluding carboxylic acids is 1. The standard InChI is InChI=1S/C29H29N3O6/c1-17(30)16-31-11-3-2-4-12-32-28(35)18-5-8-21(24(13-18)29(36)37)27-22-9-6-19(33)14-25(22)38-26-15-20(34)7-10-23(26)27/h5-10,13-16,31,33H,2-4,11-12,30H2,1H3,(H,32,35)(H,36,37)/b17-16-. The van der Waals surface area contributed by atoms with E-state index in [9.17, 15) is 24.6 Å². The van der Waals surface area contributed by atoms with Gasteiger partial charge in [-0.2, -0.15) is 0 Å². The number of nitrogens with one attached hydrogen (secondary N) is 2. The van der Waals surface area contributed by atoms with Crippen LogP contribution in [0.25, 0.3) is 33.4 Å². The van der Waals surface area contributed by atoms with Crippen LogP contribution in [0.4, 0.5) is 0 Å². The largest absolute Gasteiger partial charge is 0.508 e. The van der Waals surface area contributed by atoms with E-state index in [2.05, 4.69) is 10.6 Å². The van der Waals surface area contributed by atoms with E-state index in [1.165, 1.54) is 30.3 Å². The molecule has 0 radical (unpaired) electrons. The van der Waals surface area contributed by atoms with Gasteiger partial charge in [0.2, 0.25) is 0 Å². The molecule has 0 aromatic heterocycles. The van der Waals surface area contributed by atoms with E-state index in [0.717, 1.165) is 25.8 Å². The zero-order valence-electron chi connectivity index (χ0n) is 20.9. The van der Waals surface area contributed by atoms with Crippen molar-refractivity contribution < 1.29 is 24.2 Å². The van der Waals surface area contributed by atoms with Crippen LogP contribution in [0.5, 0.6) is 5.75 Å². The molecule has 0 atom stereocenters. The summed E-state index contributed by atoms with van der Waals surface area (Å²) in [5, 5.41) is 26.5. The molecule has 0 spiro atoms.